The highest BCUT2D eigenvalue weighted by Crippen LogP contribution is 2.53. The second-order valence-electron chi connectivity index (χ2n) is 8.80. The van der Waals surface area contributed by atoms with Gasteiger partial charge in [-0.25, -0.2) is 0 Å². The Morgan fingerprint density at radius 3 is 2.90 bits per heavy atom. The average molecular weight is 393 g/mol. The maximum absolute atomic E-state index is 13.2. The second kappa shape index (κ2) is 5.97. The van der Waals surface area contributed by atoms with Crippen molar-refractivity contribution < 1.29 is 19.0 Å². The zero-order chi connectivity index (χ0) is 19.6. The number of anilines is 1. The van der Waals surface area contributed by atoms with Crippen LogP contribution in [-0.2, 0) is 14.9 Å². The van der Waals surface area contributed by atoms with Gasteiger partial charge in [0, 0.05) is 30.0 Å². The van der Waals surface area contributed by atoms with Crippen LogP contribution in [0.5, 0.6) is 11.5 Å². The molecule has 2 aromatic rings. The molecule has 4 aliphatic rings. The Labute approximate surface area is 170 Å². The molecule has 4 aliphatic heterocycles. The number of nitrogens with zero attached hydrogens (tertiary/aromatic N) is 1. The van der Waals surface area contributed by atoms with Crippen LogP contribution in [0.4, 0.5) is 11.4 Å². The predicted molar refractivity (Wildman–Crippen MR) is 110 cm³/mol. The van der Waals surface area contributed by atoms with Crippen LogP contribution in [0.25, 0.3) is 0 Å². The third-order valence-corrected chi connectivity index (χ3v) is 7.04. The van der Waals surface area contributed by atoms with Gasteiger partial charge in [-0.05, 0) is 24.5 Å². The van der Waals surface area contributed by atoms with Gasteiger partial charge in [0.1, 0.15) is 43.6 Å². The van der Waals surface area contributed by atoms with Gasteiger partial charge in [0.15, 0.2) is 11.4 Å². The molecule has 6 rings (SSSR count). The highest BCUT2D eigenvalue weighted by molar-refractivity contribution is 6.10. The van der Waals surface area contributed by atoms with Gasteiger partial charge in [0.05, 0.1) is 7.05 Å². The molecule has 2 unspecified atom stereocenters. The van der Waals surface area contributed by atoms with Crippen LogP contribution in [0.15, 0.2) is 36.4 Å². The van der Waals surface area contributed by atoms with E-state index in [0.717, 1.165) is 71.0 Å². The fourth-order valence-electron chi connectivity index (χ4n) is 5.44. The van der Waals surface area contributed by atoms with Crippen molar-refractivity contribution in [3.8, 4) is 11.5 Å². The highest BCUT2D eigenvalue weighted by atomic mass is 16.5. The maximum atomic E-state index is 13.2. The number of nitrogens with one attached hydrogen (secondary N) is 1. The van der Waals surface area contributed by atoms with E-state index in [-0.39, 0.29) is 12.0 Å². The summed E-state index contributed by atoms with van der Waals surface area (Å²) in [6, 6.07) is 12.1. The van der Waals surface area contributed by atoms with Gasteiger partial charge in [0.2, 0.25) is 5.91 Å². The van der Waals surface area contributed by atoms with Crippen molar-refractivity contribution >= 4 is 17.3 Å². The Kier molecular flexibility index (Phi) is 3.56. The van der Waals surface area contributed by atoms with Gasteiger partial charge in [-0.1, -0.05) is 18.2 Å². The van der Waals surface area contributed by atoms with Gasteiger partial charge >= 0.3 is 0 Å². The molecule has 0 saturated carbocycles. The number of carbonyl (C=O) groups excluding carboxylic acids is 1. The third-order valence-electron chi connectivity index (χ3n) is 7.04. The largest absolute Gasteiger partial charge is 0.491 e. The molecule has 6 heteroatoms. The molecular weight excluding hydrogens is 368 g/mol. The van der Waals surface area contributed by atoms with Crippen molar-refractivity contribution in [2.24, 2.45) is 0 Å². The quantitative estimate of drug-likeness (QED) is 0.798. The number of carbonyl (C=O) groups is 1. The van der Waals surface area contributed by atoms with E-state index in [2.05, 4.69) is 18.4 Å². The Hall–Kier alpha value is -2.57. The lowest BCUT2D eigenvalue weighted by atomic mass is 9.77. The lowest BCUT2D eigenvalue weighted by molar-refractivity contribution is -0.119. The first kappa shape index (κ1) is 17.3. The minimum Gasteiger partial charge on any atom is -0.491 e. The monoisotopic (exact) mass is 393 g/mol. The third kappa shape index (κ3) is 2.33. The Morgan fingerprint density at radius 1 is 1.14 bits per heavy atom. The van der Waals surface area contributed by atoms with Crippen LogP contribution >= 0.6 is 0 Å². The van der Waals surface area contributed by atoms with E-state index in [1.807, 2.05) is 30.3 Å². The molecule has 0 aromatic heterocycles. The second-order valence-corrected chi connectivity index (χ2v) is 8.80. The number of rotatable bonds is 2. The van der Waals surface area contributed by atoms with E-state index in [1.54, 1.807) is 0 Å². The molecule has 1 fully saturated rings. The number of likely N-dealkylation sites (N-methyl/N-ethyl adjacent to an activating group) is 1. The summed E-state index contributed by atoms with van der Waals surface area (Å²) in [6.07, 6.45) is 2.52. The standard InChI is InChI=1S/C23H24N2O4/c1-25(13-15-5-4-9-27-15)8-10-28-21-12-20-17(11-19(21)25)23(14-29-20)16-6-2-3-7-18(16)24-22(23)26/h2-3,6-7,11-12,15H,4-5,8-10,13-14H2,1H3/p+1/t15-,23?,25?/m1/s1. The van der Waals surface area contributed by atoms with Crippen LogP contribution in [0.3, 0.4) is 0 Å². The lowest BCUT2D eigenvalue weighted by Crippen LogP contribution is -2.54. The normalized spacial score (nSPS) is 31.6. The van der Waals surface area contributed by atoms with Gasteiger partial charge < -0.3 is 19.5 Å². The molecular formula is C23H25N2O4+. The molecule has 0 aliphatic carbocycles. The summed E-state index contributed by atoms with van der Waals surface area (Å²) in [5.41, 5.74) is 3.15. The molecule has 4 heterocycles. The van der Waals surface area contributed by atoms with Gasteiger partial charge in [-0.3, -0.25) is 9.28 Å². The fourth-order valence-corrected chi connectivity index (χ4v) is 5.44. The smallest absolute Gasteiger partial charge is 0.243 e. The van der Waals surface area contributed by atoms with Crippen molar-refractivity contribution in [2.75, 3.05) is 45.3 Å². The molecule has 3 atom stereocenters. The summed E-state index contributed by atoms with van der Waals surface area (Å²) in [7, 11) is 2.25. The molecule has 1 spiro atoms. The van der Waals surface area contributed by atoms with Gasteiger partial charge in [0.25, 0.3) is 0 Å². The summed E-state index contributed by atoms with van der Waals surface area (Å²) in [5, 5.41) is 3.06. The van der Waals surface area contributed by atoms with E-state index in [1.165, 1.54) is 0 Å². The number of fused-ring (bicyclic) bond motifs is 5. The first-order valence-electron chi connectivity index (χ1n) is 10.4. The topological polar surface area (TPSA) is 56.8 Å². The molecule has 150 valence electrons. The van der Waals surface area contributed by atoms with Crippen molar-refractivity contribution in [1.29, 1.82) is 0 Å². The van der Waals surface area contributed by atoms with Crippen LogP contribution < -0.4 is 19.3 Å². The van der Waals surface area contributed by atoms with Crippen LogP contribution in [-0.4, -0.2) is 52.0 Å². The van der Waals surface area contributed by atoms with Crippen molar-refractivity contribution in [3.05, 3.63) is 47.5 Å². The van der Waals surface area contributed by atoms with E-state index in [9.17, 15) is 4.79 Å². The Balaban J connectivity index is 1.49. The van der Waals surface area contributed by atoms with Crippen molar-refractivity contribution in [2.45, 2.75) is 24.4 Å². The summed E-state index contributed by atoms with van der Waals surface area (Å²) in [5.74, 6) is 1.60. The number of hydrogen-bond donors (Lipinski definition) is 1. The maximum Gasteiger partial charge on any atom is 0.243 e. The average Bonchev–Trinajstić information content (AvgIpc) is 3.41. The van der Waals surface area contributed by atoms with E-state index in [4.69, 9.17) is 14.2 Å². The number of amides is 1. The number of hydrogen-bond acceptors (Lipinski definition) is 4. The highest BCUT2D eigenvalue weighted by Gasteiger charge is 2.55. The molecule has 0 bridgehead atoms. The van der Waals surface area contributed by atoms with Crippen molar-refractivity contribution in [3.63, 3.8) is 0 Å². The van der Waals surface area contributed by atoms with Gasteiger partial charge in [-0.15, -0.1) is 0 Å². The summed E-state index contributed by atoms with van der Waals surface area (Å²) in [4.78, 5) is 13.2. The molecule has 1 N–H and O–H groups in total. The summed E-state index contributed by atoms with van der Waals surface area (Å²) < 4.78 is 18.8. The molecule has 6 nitrogen and oxygen atoms in total. The van der Waals surface area contributed by atoms with E-state index in [0.29, 0.717) is 13.2 Å². The first-order chi connectivity index (χ1) is 14.1. The lowest BCUT2D eigenvalue weighted by Gasteiger charge is -2.40. The predicted octanol–water partition coefficient (Wildman–Crippen LogP) is 2.83. The van der Waals surface area contributed by atoms with E-state index >= 15 is 0 Å². The van der Waals surface area contributed by atoms with Gasteiger partial charge in [-0.2, -0.15) is 0 Å². The first-order valence-corrected chi connectivity index (χ1v) is 10.4. The zero-order valence-corrected chi connectivity index (χ0v) is 16.6. The Morgan fingerprint density at radius 2 is 2.03 bits per heavy atom. The Bertz CT molecular complexity index is 1020. The summed E-state index contributed by atoms with van der Waals surface area (Å²) in [6.45, 7) is 3.66. The fraction of sp³-hybridized carbons (Fsp3) is 0.435. The van der Waals surface area contributed by atoms with Crippen LogP contribution in [0, 0.1) is 0 Å². The minimum atomic E-state index is -0.785. The minimum absolute atomic E-state index is 0.0116. The van der Waals surface area contributed by atoms with Crippen LogP contribution in [0.1, 0.15) is 24.0 Å². The SMILES string of the molecule is C[N+]1(C[C@H]2CCCO2)CCOc2cc3c(cc21)C1(CO3)C(=O)Nc2ccccc21. The van der Waals surface area contributed by atoms with Crippen molar-refractivity contribution in [1.82, 2.24) is 4.48 Å². The zero-order valence-electron chi connectivity index (χ0n) is 16.6. The molecule has 1 saturated heterocycles. The summed E-state index contributed by atoms with van der Waals surface area (Å²) >= 11 is 0. The van der Waals surface area contributed by atoms with Crippen LogP contribution in [0.2, 0.25) is 0 Å². The molecule has 2 aromatic carbocycles. The number of quaternary nitrogens is 1. The number of benzene rings is 2. The molecule has 1 amide bonds. The van der Waals surface area contributed by atoms with E-state index < -0.39 is 5.41 Å². The molecule has 29 heavy (non-hydrogen) atoms. The number of para-hydroxylation sites is 1. The number of ether oxygens (including phenoxy) is 3. The molecule has 0 radical (unpaired) electrons.